The van der Waals surface area contributed by atoms with Gasteiger partial charge in [0.25, 0.3) is 0 Å². The molecule has 2 rings (SSSR count). The smallest absolute Gasteiger partial charge is 0.323 e. The molecule has 0 radical (unpaired) electrons. The molecular formula is C12H17Cl2NO2. The number of carbonyl (C=O) groups excluding carboxylic acids is 1. The molecule has 0 aromatic heterocycles. The SMILES string of the molecule is Cl.Cl.O=C(OCc1ccccc1)[C@@H]1CCCN1. The van der Waals surface area contributed by atoms with Crippen molar-refractivity contribution < 1.29 is 9.53 Å². The van der Waals surface area contributed by atoms with Crippen LogP contribution in [0.2, 0.25) is 0 Å². The molecule has 1 aromatic carbocycles. The first-order valence-electron chi connectivity index (χ1n) is 5.30. The molecule has 1 atom stereocenters. The molecule has 96 valence electrons. The molecule has 0 aliphatic carbocycles. The summed E-state index contributed by atoms with van der Waals surface area (Å²) in [5.41, 5.74) is 1.03. The molecule has 0 bridgehead atoms. The molecule has 5 heteroatoms. The molecule has 0 saturated carbocycles. The van der Waals surface area contributed by atoms with E-state index in [1.54, 1.807) is 0 Å². The maximum absolute atomic E-state index is 11.5. The molecule has 0 unspecified atom stereocenters. The van der Waals surface area contributed by atoms with Crippen molar-refractivity contribution in [1.82, 2.24) is 5.32 Å². The van der Waals surface area contributed by atoms with Gasteiger partial charge in [0, 0.05) is 0 Å². The summed E-state index contributed by atoms with van der Waals surface area (Å²) in [6.45, 7) is 1.29. The van der Waals surface area contributed by atoms with Gasteiger partial charge in [0.05, 0.1) is 0 Å². The maximum atomic E-state index is 11.5. The summed E-state index contributed by atoms with van der Waals surface area (Å²) in [5, 5.41) is 3.12. The minimum Gasteiger partial charge on any atom is -0.460 e. The van der Waals surface area contributed by atoms with Crippen LogP contribution in [0.5, 0.6) is 0 Å². The number of benzene rings is 1. The average Bonchev–Trinajstić information content (AvgIpc) is 2.81. The number of esters is 1. The highest BCUT2D eigenvalue weighted by Crippen LogP contribution is 2.08. The number of carbonyl (C=O) groups is 1. The van der Waals surface area contributed by atoms with Crippen LogP contribution in [0.4, 0.5) is 0 Å². The Bertz CT molecular complexity index is 327. The minimum absolute atomic E-state index is 0. The lowest BCUT2D eigenvalue weighted by molar-refractivity contribution is -0.147. The van der Waals surface area contributed by atoms with Crippen LogP contribution < -0.4 is 5.32 Å². The van der Waals surface area contributed by atoms with E-state index in [4.69, 9.17) is 4.74 Å². The van der Waals surface area contributed by atoms with Crippen LogP contribution >= 0.6 is 24.8 Å². The van der Waals surface area contributed by atoms with Crippen molar-refractivity contribution in [1.29, 1.82) is 0 Å². The Morgan fingerprint density at radius 3 is 2.59 bits per heavy atom. The molecule has 3 nitrogen and oxygen atoms in total. The van der Waals surface area contributed by atoms with Crippen molar-refractivity contribution >= 4 is 30.8 Å². The van der Waals surface area contributed by atoms with E-state index in [0.29, 0.717) is 6.61 Å². The number of nitrogens with one attached hydrogen (secondary N) is 1. The van der Waals surface area contributed by atoms with Gasteiger partial charge < -0.3 is 10.1 Å². The van der Waals surface area contributed by atoms with Crippen LogP contribution in [0.3, 0.4) is 0 Å². The topological polar surface area (TPSA) is 38.3 Å². The first-order valence-corrected chi connectivity index (χ1v) is 5.30. The van der Waals surface area contributed by atoms with Crippen LogP contribution in [0.15, 0.2) is 30.3 Å². The second kappa shape index (κ2) is 8.34. The van der Waals surface area contributed by atoms with Crippen LogP contribution in [0.25, 0.3) is 0 Å². The fraction of sp³-hybridized carbons (Fsp3) is 0.417. The summed E-state index contributed by atoms with van der Waals surface area (Å²) in [4.78, 5) is 11.5. The Morgan fingerprint density at radius 1 is 1.29 bits per heavy atom. The Morgan fingerprint density at radius 2 is 2.00 bits per heavy atom. The van der Waals surface area contributed by atoms with E-state index in [2.05, 4.69) is 5.32 Å². The molecule has 0 spiro atoms. The number of hydrogen-bond donors (Lipinski definition) is 1. The zero-order valence-corrected chi connectivity index (χ0v) is 11.1. The molecule has 0 amide bonds. The van der Waals surface area contributed by atoms with Gasteiger partial charge in [0.2, 0.25) is 0 Å². The Labute approximate surface area is 114 Å². The summed E-state index contributed by atoms with van der Waals surface area (Å²) in [7, 11) is 0. The van der Waals surface area contributed by atoms with E-state index in [0.717, 1.165) is 24.9 Å². The predicted octanol–water partition coefficient (Wildman–Crippen LogP) is 2.33. The third kappa shape index (κ3) is 4.94. The fourth-order valence-electron chi connectivity index (χ4n) is 1.72. The first-order chi connectivity index (χ1) is 7.36. The maximum Gasteiger partial charge on any atom is 0.323 e. The van der Waals surface area contributed by atoms with Gasteiger partial charge >= 0.3 is 5.97 Å². The lowest BCUT2D eigenvalue weighted by Crippen LogP contribution is -2.32. The quantitative estimate of drug-likeness (QED) is 0.862. The second-order valence-corrected chi connectivity index (χ2v) is 3.74. The van der Waals surface area contributed by atoms with Gasteiger partial charge in [-0.15, -0.1) is 24.8 Å². The third-order valence-corrected chi connectivity index (χ3v) is 2.57. The van der Waals surface area contributed by atoms with Crippen molar-refractivity contribution in [3.63, 3.8) is 0 Å². The van der Waals surface area contributed by atoms with E-state index in [9.17, 15) is 4.79 Å². The molecule has 17 heavy (non-hydrogen) atoms. The van der Waals surface area contributed by atoms with Gasteiger partial charge in [-0.25, -0.2) is 0 Å². The highest BCUT2D eigenvalue weighted by molar-refractivity contribution is 5.85. The Hall–Kier alpha value is -0.770. The fourth-order valence-corrected chi connectivity index (χ4v) is 1.72. The molecule has 1 aliphatic heterocycles. The highest BCUT2D eigenvalue weighted by atomic mass is 35.5. The lowest BCUT2D eigenvalue weighted by atomic mass is 10.2. The van der Waals surface area contributed by atoms with Gasteiger partial charge in [-0.1, -0.05) is 30.3 Å². The summed E-state index contributed by atoms with van der Waals surface area (Å²) >= 11 is 0. The molecule has 1 heterocycles. The number of hydrogen-bond acceptors (Lipinski definition) is 3. The largest absolute Gasteiger partial charge is 0.460 e. The third-order valence-electron chi connectivity index (χ3n) is 2.57. The Balaban J connectivity index is 0.00000128. The normalized spacial score (nSPS) is 17.8. The summed E-state index contributed by atoms with van der Waals surface area (Å²) in [5.74, 6) is -0.128. The molecule has 1 aliphatic rings. The van der Waals surface area contributed by atoms with Crippen molar-refractivity contribution in [2.75, 3.05) is 6.54 Å². The van der Waals surface area contributed by atoms with E-state index >= 15 is 0 Å². The average molecular weight is 278 g/mol. The summed E-state index contributed by atoms with van der Waals surface area (Å²) < 4.78 is 5.21. The van der Waals surface area contributed by atoms with E-state index < -0.39 is 0 Å². The van der Waals surface area contributed by atoms with Crippen molar-refractivity contribution in [2.24, 2.45) is 0 Å². The molecule has 1 N–H and O–H groups in total. The van der Waals surface area contributed by atoms with Crippen LogP contribution in [0, 0.1) is 0 Å². The number of rotatable bonds is 3. The van der Waals surface area contributed by atoms with Crippen LogP contribution in [0.1, 0.15) is 18.4 Å². The van der Waals surface area contributed by atoms with Crippen molar-refractivity contribution in [2.45, 2.75) is 25.5 Å². The molecule has 1 saturated heterocycles. The van der Waals surface area contributed by atoms with Crippen molar-refractivity contribution in [3.05, 3.63) is 35.9 Å². The molecular weight excluding hydrogens is 261 g/mol. The lowest BCUT2D eigenvalue weighted by Gasteiger charge is -2.09. The summed E-state index contributed by atoms with van der Waals surface area (Å²) in [6, 6.07) is 9.65. The first kappa shape index (κ1) is 16.2. The van der Waals surface area contributed by atoms with Gasteiger partial charge in [-0.2, -0.15) is 0 Å². The zero-order chi connectivity index (χ0) is 10.5. The molecule has 1 fully saturated rings. The van der Waals surface area contributed by atoms with Crippen LogP contribution in [-0.4, -0.2) is 18.6 Å². The minimum atomic E-state index is -0.128. The zero-order valence-electron chi connectivity index (χ0n) is 9.43. The number of halogens is 2. The van der Waals surface area contributed by atoms with E-state index in [-0.39, 0.29) is 36.8 Å². The monoisotopic (exact) mass is 277 g/mol. The van der Waals surface area contributed by atoms with E-state index in [1.165, 1.54) is 0 Å². The second-order valence-electron chi connectivity index (χ2n) is 3.74. The molecule has 1 aromatic rings. The Kier molecular flexibility index (Phi) is 7.96. The van der Waals surface area contributed by atoms with E-state index in [1.807, 2.05) is 30.3 Å². The predicted molar refractivity (Wildman–Crippen MR) is 71.8 cm³/mol. The number of ether oxygens (including phenoxy) is 1. The van der Waals surface area contributed by atoms with Crippen molar-refractivity contribution in [3.8, 4) is 0 Å². The standard InChI is InChI=1S/C12H15NO2.2ClH/c14-12(11-7-4-8-13-11)15-9-10-5-2-1-3-6-10;;/h1-3,5-6,11,13H,4,7-9H2;2*1H/t11-;;/m0../s1. The van der Waals surface area contributed by atoms with Gasteiger partial charge in [-0.05, 0) is 24.9 Å². The van der Waals surface area contributed by atoms with Gasteiger partial charge in [0.1, 0.15) is 12.6 Å². The van der Waals surface area contributed by atoms with Gasteiger partial charge in [0.15, 0.2) is 0 Å². The summed E-state index contributed by atoms with van der Waals surface area (Å²) in [6.07, 6.45) is 1.96. The highest BCUT2D eigenvalue weighted by Gasteiger charge is 2.23. The van der Waals surface area contributed by atoms with Crippen LogP contribution in [-0.2, 0) is 16.1 Å². The van der Waals surface area contributed by atoms with Gasteiger partial charge in [-0.3, -0.25) is 4.79 Å².